The lowest BCUT2D eigenvalue weighted by Crippen LogP contribution is -2.60. The summed E-state index contributed by atoms with van der Waals surface area (Å²) in [5.41, 5.74) is 9.42. The molecule has 1 aromatic carbocycles. The molecule has 2 unspecified atom stereocenters. The molecule has 7 heteroatoms. The summed E-state index contributed by atoms with van der Waals surface area (Å²) in [6.07, 6.45) is 6.77. The fourth-order valence-electron chi connectivity index (χ4n) is 5.51. The van der Waals surface area contributed by atoms with E-state index in [1.165, 1.54) is 31.2 Å². The molecule has 1 saturated carbocycles. The molecule has 3 aliphatic heterocycles. The van der Waals surface area contributed by atoms with E-state index in [1.54, 1.807) is 4.90 Å². The second kappa shape index (κ2) is 6.92. The van der Waals surface area contributed by atoms with Crippen LogP contribution in [0.1, 0.15) is 66.4 Å². The van der Waals surface area contributed by atoms with Crippen molar-refractivity contribution in [3.05, 3.63) is 34.9 Å². The van der Waals surface area contributed by atoms with Crippen LogP contribution in [0.3, 0.4) is 0 Å². The minimum atomic E-state index is -0.561. The second-order valence-corrected chi connectivity index (χ2v) is 9.15. The predicted octanol–water partition coefficient (Wildman–Crippen LogP) is 1.29. The molecule has 2 saturated heterocycles. The molecule has 0 radical (unpaired) electrons. The molecule has 3 amide bonds. The number of fused-ring (bicyclic) bond motifs is 1. The van der Waals surface area contributed by atoms with Crippen LogP contribution in [0.4, 0.5) is 0 Å². The Morgan fingerprint density at radius 3 is 2.69 bits per heavy atom. The summed E-state index contributed by atoms with van der Waals surface area (Å²) < 4.78 is 0. The van der Waals surface area contributed by atoms with E-state index in [9.17, 15) is 14.4 Å². The highest BCUT2D eigenvalue weighted by Gasteiger charge is 2.45. The van der Waals surface area contributed by atoms with Crippen LogP contribution < -0.4 is 11.1 Å². The first-order chi connectivity index (χ1) is 13.9. The molecular weight excluding hydrogens is 368 g/mol. The Morgan fingerprint density at radius 2 is 1.97 bits per heavy atom. The van der Waals surface area contributed by atoms with E-state index in [-0.39, 0.29) is 30.2 Å². The van der Waals surface area contributed by atoms with Crippen LogP contribution in [0.5, 0.6) is 0 Å². The molecule has 7 nitrogen and oxygen atoms in total. The summed E-state index contributed by atoms with van der Waals surface area (Å²) >= 11 is 0. The van der Waals surface area contributed by atoms with Gasteiger partial charge in [0.15, 0.2) is 0 Å². The van der Waals surface area contributed by atoms with Crippen molar-refractivity contribution in [2.45, 2.75) is 75.7 Å². The fourth-order valence-corrected chi connectivity index (χ4v) is 5.51. The number of likely N-dealkylation sites (tertiary alicyclic amines) is 1. The second-order valence-electron chi connectivity index (χ2n) is 9.15. The molecule has 29 heavy (non-hydrogen) atoms. The van der Waals surface area contributed by atoms with E-state index in [4.69, 9.17) is 5.73 Å². The molecule has 1 aliphatic carbocycles. The summed E-state index contributed by atoms with van der Waals surface area (Å²) in [7, 11) is 0. The number of hydrogen-bond acceptors (Lipinski definition) is 5. The number of nitrogens with one attached hydrogen (secondary N) is 1. The largest absolute Gasteiger partial charge is 0.327 e. The van der Waals surface area contributed by atoms with Crippen molar-refractivity contribution in [2.24, 2.45) is 5.73 Å². The Labute approximate surface area is 170 Å². The molecule has 0 bridgehead atoms. The average molecular weight is 396 g/mol. The zero-order valence-corrected chi connectivity index (χ0v) is 16.7. The van der Waals surface area contributed by atoms with Gasteiger partial charge in [0.2, 0.25) is 11.8 Å². The molecule has 3 fully saturated rings. The molecule has 2 atom stereocenters. The number of piperidine rings is 2. The van der Waals surface area contributed by atoms with E-state index in [2.05, 4.69) is 16.3 Å². The molecular formula is C22H28N4O3. The summed E-state index contributed by atoms with van der Waals surface area (Å²) in [5.74, 6) is -0.740. The van der Waals surface area contributed by atoms with Gasteiger partial charge in [-0.2, -0.15) is 0 Å². The topological polar surface area (TPSA) is 95.7 Å². The minimum absolute atomic E-state index is 0.114. The highest BCUT2D eigenvalue weighted by molar-refractivity contribution is 6.05. The summed E-state index contributed by atoms with van der Waals surface area (Å²) in [6.45, 7) is 2.21. The first kappa shape index (κ1) is 18.8. The molecule has 3 N–H and O–H groups in total. The van der Waals surface area contributed by atoms with Gasteiger partial charge < -0.3 is 10.6 Å². The highest BCUT2D eigenvalue weighted by Crippen LogP contribution is 2.45. The third-order valence-electron chi connectivity index (χ3n) is 7.35. The maximum absolute atomic E-state index is 12.9. The maximum Gasteiger partial charge on any atom is 0.255 e. The third-order valence-corrected chi connectivity index (χ3v) is 7.35. The van der Waals surface area contributed by atoms with Crippen LogP contribution >= 0.6 is 0 Å². The van der Waals surface area contributed by atoms with Crippen molar-refractivity contribution in [3.8, 4) is 0 Å². The quantitative estimate of drug-likeness (QED) is 0.751. The number of nitrogens with two attached hydrogens (primary N) is 1. The maximum atomic E-state index is 12.9. The van der Waals surface area contributed by atoms with Crippen LogP contribution in [0.2, 0.25) is 0 Å². The Hall–Kier alpha value is -2.25. The molecule has 5 rings (SSSR count). The molecule has 1 spiro atoms. The van der Waals surface area contributed by atoms with Gasteiger partial charge in [0.05, 0.1) is 0 Å². The van der Waals surface area contributed by atoms with Crippen molar-refractivity contribution in [3.63, 3.8) is 0 Å². The van der Waals surface area contributed by atoms with Crippen LogP contribution in [0, 0.1) is 0 Å². The van der Waals surface area contributed by atoms with Crippen LogP contribution in [-0.2, 0) is 22.7 Å². The predicted molar refractivity (Wildman–Crippen MR) is 107 cm³/mol. The van der Waals surface area contributed by atoms with Gasteiger partial charge in [-0.15, -0.1) is 0 Å². The average Bonchev–Trinajstić information content (AvgIpc) is 2.97. The van der Waals surface area contributed by atoms with E-state index < -0.39 is 6.04 Å². The first-order valence-electron chi connectivity index (χ1n) is 10.7. The fraction of sp³-hybridized carbons (Fsp3) is 0.591. The number of benzene rings is 1. The van der Waals surface area contributed by atoms with Crippen molar-refractivity contribution in [1.82, 2.24) is 15.1 Å². The molecule has 4 aliphatic rings. The Kier molecular flexibility index (Phi) is 4.47. The van der Waals surface area contributed by atoms with Crippen molar-refractivity contribution in [1.29, 1.82) is 0 Å². The Balaban J connectivity index is 1.33. The van der Waals surface area contributed by atoms with Gasteiger partial charge in [0.1, 0.15) is 6.04 Å². The van der Waals surface area contributed by atoms with Gasteiger partial charge in [0.25, 0.3) is 5.91 Å². The highest BCUT2D eigenvalue weighted by atomic mass is 16.2. The zero-order chi connectivity index (χ0) is 20.2. The van der Waals surface area contributed by atoms with E-state index in [0.29, 0.717) is 24.1 Å². The van der Waals surface area contributed by atoms with Gasteiger partial charge in [0, 0.05) is 43.2 Å². The lowest BCUT2D eigenvalue weighted by atomic mass is 9.69. The first-order valence-corrected chi connectivity index (χ1v) is 10.7. The van der Waals surface area contributed by atoms with E-state index in [1.807, 2.05) is 12.1 Å². The number of carbonyl (C=O) groups excluding carboxylic acids is 3. The number of rotatable bonds is 3. The Bertz CT molecular complexity index is 879. The smallest absolute Gasteiger partial charge is 0.255 e. The van der Waals surface area contributed by atoms with E-state index in [0.717, 1.165) is 25.1 Å². The molecule has 3 heterocycles. The molecule has 154 valence electrons. The number of carbonyl (C=O) groups is 3. The normalized spacial score (nSPS) is 29.0. The monoisotopic (exact) mass is 396 g/mol. The minimum Gasteiger partial charge on any atom is -0.327 e. The zero-order valence-electron chi connectivity index (χ0n) is 16.7. The summed E-state index contributed by atoms with van der Waals surface area (Å²) in [6, 6.07) is 5.73. The van der Waals surface area contributed by atoms with Crippen LogP contribution in [0.15, 0.2) is 18.2 Å². The molecule has 0 aromatic heterocycles. The third kappa shape index (κ3) is 3.16. The van der Waals surface area contributed by atoms with Crippen LogP contribution in [-0.4, -0.2) is 51.7 Å². The summed E-state index contributed by atoms with van der Waals surface area (Å²) in [5, 5.41) is 2.35. The number of nitrogens with zero attached hydrogens (tertiary/aromatic N) is 2. The number of hydrogen-bond donors (Lipinski definition) is 2. The van der Waals surface area contributed by atoms with E-state index >= 15 is 0 Å². The number of imide groups is 1. The SMILES string of the molecule is NC1CCC2(CCC2)N(Cc2ccc3c(c2)CN(C2CCC(=O)NC2=O)C3=O)C1. The van der Waals surface area contributed by atoms with Gasteiger partial charge in [-0.25, -0.2) is 0 Å². The van der Waals surface area contributed by atoms with Crippen molar-refractivity contribution >= 4 is 17.7 Å². The van der Waals surface area contributed by atoms with Gasteiger partial charge in [-0.1, -0.05) is 12.1 Å². The van der Waals surface area contributed by atoms with Gasteiger partial charge in [-0.3, -0.25) is 24.6 Å². The van der Waals surface area contributed by atoms with Crippen LogP contribution in [0.25, 0.3) is 0 Å². The van der Waals surface area contributed by atoms with Gasteiger partial charge in [-0.05, 0) is 55.7 Å². The summed E-state index contributed by atoms with van der Waals surface area (Å²) in [4.78, 5) is 40.7. The van der Waals surface area contributed by atoms with Crippen molar-refractivity contribution in [2.75, 3.05) is 6.54 Å². The standard InChI is InChI=1S/C22H28N4O3/c23-16-6-9-22(7-1-8-22)25(13-16)11-14-2-3-17-15(10-14)12-26(21(17)29)18-4-5-19(27)24-20(18)28/h2-3,10,16,18H,1,4-9,11-13,23H2,(H,24,27,28). The van der Waals surface area contributed by atoms with Crippen molar-refractivity contribution < 1.29 is 14.4 Å². The lowest BCUT2D eigenvalue weighted by Gasteiger charge is -2.54. The lowest BCUT2D eigenvalue weighted by molar-refractivity contribution is -0.136. The molecule has 1 aromatic rings. The number of amides is 3. The van der Waals surface area contributed by atoms with Gasteiger partial charge >= 0.3 is 0 Å². The Morgan fingerprint density at radius 1 is 1.14 bits per heavy atom.